The molecule has 2 atom stereocenters. The Morgan fingerprint density at radius 3 is 2.76 bits per heavy atom. The fourth-order valence-electron chi connectivity index (χ4n) is 4.00. The maximum atomic E-state index is 13.0. The van der Waals surface area contributed by atoms with Crippen molar-refractivity contribution in [3.63, 3.8) is 0 Å². The van der Waals surface area contributed by atoms with E-state index in [0.29, 0.717) is 5.95 Å². The van der Waals surface area contributed by atoms with Crippen molar-refractivity contribution < 1.29 is 17.9 Å². The van der Waals surface area contributed by atoms with Gasteiger partial charge in [0.1, 0.15) is 5.82 Å². The molecule has 0 spiro atoms. The molecule has 0 saturated carbocycles. The van der Waals surface area contributed by atoms with Crippen molar-refractivity contribution >= 4 is 11.8 Å². The molecule has 2 unspecified atom stereocenters. The topological polar surface area (TPSA) is 61.5 Å². The van der Waals surface area contributed by atoms with E-state index in [1.807, 2.05) is 18.2 Å². The van der Waals surface area contributed by atoms with Crippen molar-refractivity contribution in [1.82, 2.24) is 9.97 Å². The summed E-state index contributed by atoms with van der Waals surface area (Å²) in [6.07, 6.45) is -3.56. The number of benzene rings is 1. The molecule has 1 aromatic carbocycles. The summed E-state index contributed by atoms with van der Waals surface area (Å²) in [6.45, 7) is 0.579. The first-order valence-corrected chi connectivity index (χ1v) is 9.75. The predicted octanol–water partition coefficient (Wildman–Crippen LogP) is 2.75. The minimum absolute atomic E-state index is 0.0612. The fourth-order valence-corrected chi connectivity index (χ4v) is 4.00. The standard InChI is InChI=1S/C20H23F3N4O2/c21-20(22,23)16-13-26(9-10-29-16)17-12-18(28)25-19(24-17)27-8-4-7-15(27)11-14-5-2-1-3-6-14/h1-3,5-6,12,15-16H,4,7-11,13H2,(H,24,25,28). The van der Waals surface area contributed by atoms with E-state index in [-0.39, 0.29) is 37.1 Å². The van der Waals surface area contributed by atoms with Crippen LogP contribution in [0.2, 0.25) is 0 Å². The van der Waals surface area contributed by atoms with Gasteiger partial charge in [-0.1, -0.05) is 30.3 Å². The van der Waals surface area contributed by atoms with Gasteiger partial charge in [-0.25, -0.2) is 0 Å². The number of H-pyrrole nitrogens is 1. The number of hydrogen-bond donors (Lipinski definition) is 1. The normalized spacial score (nSPS) is 22.9. The van der Waals surface area contributed by atoms with E-state index in [1.165, 1.54) is 16.5 Å². The lowest BCUT2D eigenvalue weighted by molar-refractivity contribution is -0.221. The lowest BCUT2D eigenvalue weighted by atomic mass is 10.0. The van der Waals surface area contributed by atoms with Gasteiger partial charge >= 0.3 is 6.18 Å². The monoisotopic (exact) mass is 408 g/mol. The smallest absolute Gasteiger partial charge is 0.365 e. The minimum atomic E-state index is -4.45. The summed E-state index contributed by atoms with van der Waals surface area (Å²) in [6, 6.07) is 11.5. The number of halogens is 3. The van der Waals surface area contributed by atoms with Crippen LogP contribution in [0.5, 0.6) is 0 Å². The van der Waals surface area contributed by atoms with Crippen LogP contribution < -0.4 is 15.4 Å². The van der Waals surface area contributed by atoms with E-state index in [1.54, 1.807) is 0 Å². The number of aromatic amines is 1. The number of nitrogens with zero attached hydrogens (tertiary/aromatic N) is 3. The first kappa shape index (κ1) is 19.8. The van der Waals surface area contributed by atoms with Crippen LogP contribution in [0.25, 0.3) is 0 Å². The molecule has 2 aliphatic heterocycles. The van der Waals surface area contributed by atoms with Crippen molar-refractivity contribution in [2.24, 2.45) is 0 Å². The van der Waals surface area contributed by atoms with Gasteiger partial charge in [0, 0.05) is 25.2 Å². The quantitative estimate of drug-likeness (QED) is 0.843. The lowest BCUT2D eigenvalue weighted by Crippen LogP contribution is -2.49. The molecule has 0 bridgehead atoms. The van der Waals surface area contributed by atoms with E-state index in [4.69, 9.17) is 4.74 Å². The third kappa shape index (κ3) is 4.55. The number of rotatable bonds is 4. The highest BCUT2D eigenvalue weighted by atomic mass is 19.4. The number of nitrogens with one attached hydrogen (secondary N) is 1. The van der Waals surface area contributed by atoms with Gasteiger partial charge in [0.05, 0.1) is 13.2 Å². The average molecular weight is 408 g/mol. The summed E-state index contributed by atoms with van der Waals surface area (Å²) in [5.74, 6) is 0.674. The zero-order valence-electron chi connectivity index (χ0n) is 15.9. The number of morpholine rings is 1. The van der Waals surface area contributed by atoms with Crippen LogP contribution in [0.3, 0.4) is 0 Å². The summed E-state index contributed by atoms with van der Waals surface area (Å²) in [7, 11) is 0. The first-order chi connectivity index (χ1) is 13.9. The van der Waals surface area contributed by atoms with Gasteiger partial charge in [-0.15, -0.1) is 0 Å². The Kier molecular flexibility index (Phi) is 5.49. The molecule has 0 radical (unpaired) electrons. The van der Waals surface area contributed by atoms with E-state index in [0.717, 1.165) is 25.8 Å². The second-order valence-electron chi connectivity index (χ2n) is 7.45. The van der Waals surface area contributed by atoms with Gasteiger partial charge in [-0.05, 0) is 24.8 Å². The maximum absolute atomic E-state index is 13.0. The molecule has 156 valence electrons. The van der Waals surface area contributed by atoms with Gasteiger partial charge in [-0.2, -0.15) is 18.2 Å². The van der Waals surface area contributed by atoms with Crippen LogP contribution in [-0.4, -0.2) is 54.5 Å². The molecule has 2 saturated heterocycles. The molecule has 4 rings (SSSR count). The summed E-state index contributed by atoms with van der Waals surface area (Å²) >= 11 is 0. The number of alkyl halides is 3. The van der Waals surface area contributed by atoms with Gasteiger partial charge < -0.3 is 14.5 Å². The third-order valence-corrected chi connectivity index (χ3v) is 5.43. The number of aromatic nitrogens is 2. The zero-order chi connectivity index (χ0) is 20.4. The third-order valence-electron chi connectivity index (χ3n) is 5.43. The number of ether oxygens (including phenoxy) is 1. The van der Waals surface area contributed by atoms with Crippen LogP contribution in [-0.2, 0) is 11.2 Å². The molecule has 6 nitrogen and oxygen atoms in total. The van der Waals surface area contributed by atoms with Gasteiger partial charge in [0.2, 0.25) is 5.95 Å². The molecule has 2 aliphatic rings. The molecular weight excluding hydrogens is 385 g/mol. The Hall–Kier alpha value is -2.55. The van der Waals surface area contributed by atoms with Gasteiger partial charge in [0.25, 0.3) is 5.56 Å². The van der Waals surface area contributed by atoms with E-state index in [9.17, 15) is 18.0 Å². The molecule has 1 aromatic heterocycles. The number of anilines is 2. The second-order valence-corrected chi connectivity index (χ2v) is 7.45. The molecule has 29 heavy (non-hydrogen) atoms. The molecule has 3 heterocycles. The number of hydrogen-bond acceptors (Lipinski definition) is 5. The SMILES string of the molecule is O=c1cc(N2CCOC(C(F)(F)F)C2)nc(N2CCCC2Cc2ccccc2)[nH]1. The molecule has 0 amide bonds. The van der Waals surface area contributed by atoms with Gasteiger partial charge in [0.15, 0.2) is 6.10 Å². The molecular formula is C20H23F3N4O2. The molecule has 2 fully saturated rings. The lowest BCUT2D eigenvalue weighted by Gasteiger charge is -2.35. The largest absolute Gasteiger partial charge is 0.416 e. The van der Waals surface area contributed by atoms with Crippen molar-refractivity contribution in [2.45, 2.75) is 37.6 Å². The second kappa shape index (κ2) is 8.06. The van der Waals surface area contributed by atoms with E-state index >= 15 is 0 Å². The van der Waals surface area contributed by atoms with Crippen LogP contribution in [0, 0.1) is 0 Å². The van der Waals surface area contributed by atoms with Crippen LogP contribution in [0.4, 0.5) is 24.9 Å². The summed E-state index contributed by atoms with van der Waals surface area (Å²) in [4.78, 5) is 23.1. The Morgan fingerprint density at radius 1 is 1.21 bits per heavy atom. The predicted molar refractivity (Wildman–Crippen MR) is 103 cm³/mol. The Balaban J connectivity index is 1.56. The van der Waals surface area contributed by atoms with Crippen LogP contribution >= 0.6 is 0 Å². The highest BCUT2D eigenvalue weighted by Crippen LogP contribution is 2.29. The molecule has 0 aliphatic carbocycles. The highest BCUT2D eigenvalue weighted by molar-refractivity contribution is 5.45. The van der Waals surface area contributed by atoms with Crippen LogP contribution in [0.15, 0.2) is 41.2 Å². The van der Waals surface area contributed by atoms with Crippen molar-refractivity contribution in [1.29, 1.82) is 0 Å². The molecule has 9 heteroatoms. The molecule has 1 N–H and O–H groups in total. The summed E-state index contributed by atoms with van der Waals surface area (Å²) in [5, 5.41) is 0. The Bertz CT molecular complexity index is 887. The van der Waals surface area contributed by atoms with E-state index < -0.39 is 12.3 Å². The maximum Gasteiger partial charge on any atom is 0.416 e. The molecule has 2 aromatic rings. The Morgan fingerprint density at radius 2 is 2.00 bits per heavy atom. The van der Waals surface area contributed by atoms with Crippen molar-refractivity contribution in [2.75, 3.05) is 36.0 Å². The summed E-state index contributed by atoms with van der Waals surface area (Å²) in [5.41, 5.74) is 0.828. The van der Waals surface area contributed by atoms with Crippen molar-refractivity contribution in [3.05, 3.63) is 52.3 Å². The zero-order valence-corrected chi connectivity index (χ0v) is 15.9. The van der Waals surface area contributed by atoms with Crippen molar-refractivity contribution in [3.8, 4) is 0 Å². The highest BCUT2D eigenvalue weighted by Gasteiger charge is 2.43. The van der Waals surface area contributed by atoms with Gasteiger partial charge in [-0.3, -0.25) is 9.78 Å². The fraction of sp³-hybridized carbons (Fsp3) is 0.500. The van der Waals surface area contributed by atoms with Crippen LogP contribution in [0.1, 0.15) is 18.4 Å². The minimum Gasteiger partial charge on any atom is -0.365 e. The van der Waals surface area contributed by atoms with E-state index in [2.05, 4.69) is 27.0 Å². The summed E-state index contributed by atoms with van der Waals surface area (Å²) < 4.78 is 44.0. The average Bonchev–Trinajstić information content (AvgIpc) is 3.16. The first-order valence-electron chi connectivity index (χ1n) is 9.75. The Labute approximate surface area is 166 Å².